The van der Waals surface area contributed by atoms with Crippen LogP contribution >= 0.6 is 18.1 Å². The third-order valence-corrected chi connectivity index (χ3v) is 15.6. The molecule has 0 aromatic heterocycles. The second kappa shape index (κ2) is 20.5. The highest BCUT2D eigenvalue weighted by Gasteiger charge is 2.38. The van der Waals surface area contributed by atoms with Gasteiger partial charge < -0.3 is 9.42 Å². The largest absolute Gasteiger partial charge is 0.448 e. The van der Waals surface area contributed by atoms with Gasteiger partial charge in [0.1, 0.15) is 5.75 Å². The van der Waals surface area contributed by atoms with Crippen LogP contribution in [-0.2, 0) is 47.6 Å². The van der Waals surface area contributed by atoms with Gasteiger partial charge in [0.2, 0.25) is 9.03 Å². The predicted molar refractivity (Wildman–Crippen MR) is 324 cm³/mol. The van der Waals surface area contributed by atoms with Gasteiger partial charge in [0.15, 0.2) is 9.03 Å². The van der Waals surface area contributed by atoms with Crippen molar-refractivity contribution in [3.05, 3.63) is 148 Å². The van der Waals surface area contributed by atoms with Crippen LogP contribution < -0.4 is 4.52 Å². The van der Waals surface area contributed by atoms with E-state index in [1.54, 1.807) is 0 Å². The standard InChI is InChI=1S/C68H92O3P2/c1-61(2,3)43-30-34-47(51(38-43)65(13,14)15)56-55(42-28-26-25-27-29-42)57(48-35-31-44(62(4,5)6)39-52(48)66(16,17)18)59(50-37-33-46(64(10,11)12)41-54(50)68(22,23)24)60(70-73-71-72-69)58(56)49-36-32-45(63(7,8)9)40-53(49)67(19,20)21/h25-41,69,72-73H,1-24H3. The highest BCUT2D eigenvalue weighted by atomic mass is 31.2. The van der Waals surface area contributed by atoms with Crippen LogP contribution in [0.5, 0.6) is 5.75 Å². The van der Waals surface area contributed by atoms with Crippen molar-refractivity contribution in [1.29, 1.82) is 0 Å². The van der Waals surface area contributed by atoms with Crippen LogP contribution in [0, 0.1) is 0 Å². The van der Waals surface area contributed by atoms with Crippen molar-refractivity contribution >= 4 is 18.1 Å². The van der Waals surface area contributed by atoms with Gasteiger partial charge in [-0.05, 0) is 121 Å². The van der Waals surface area contributed by atoms with Gasteiger partial charge in [-0.2, -0.15) is 0 Å². The summed E-state index contributed by atoms with van der Waals surface area (Å²) in [6.07, 6.45) is 0. The monoisotopic (exact) mass is 1020 g/mol. The molecule has 5 heteroatoms. The Morgan fingerprint density at radius 2 is 0.589 bits per heavy atom. The quantitative estimate of drug-likeness (QED) is 0.116. The Bertz CT molecular complexity index is 2780. The minimum atomic E-state index is -0.734. The van der Waals surface area contributed by atoms with Crippen LogP contribution in [0.1, 0.15) is 211 Å². The number of hydrogen-bond acceptors (Lipinski definition) is 3. The lowest BCUT2D eigenvalue weighted by molar-refractivity contribution is 0.499. The van der Waals surface area contributed by atoms with Crippen molar-refractivity contribution < 1.29 is 13.7 Å². The lowest BCUT2D eigenvalue weighted by atomic mass is 9.68. The van der Waals surface area contributed by atoms with E-state index in [9.17, 15) is 4.89 Å². The molecule has 0 aliphatic heterocycles. The molecule has 2 unspecified atom stereocenters. The molecule has 0 aliphatic rings. The molecule has 6 rings (SSSR count). The molecule has 6 aromatic carbocycles. The highest BCUT2D eigenvalue weighted by molar-refractivity contribution is 7.40. The van der Waals surface area contributed by atoms with Gasteiger partial charge in [0, 0.05) is 22.3 Å². The van der Waals surface area contributed by atoms with Crippen molar-refractivity contribution in [1.82, 2.24) is 0 Å². The second-order valence-electron chi connectivity index (χ2n) is 29.0. The van der Waals surface area contributed by atoms with Gasteiger partial charge in [0.25, 0.3) is 0 Å². The Labute approximate surface area is 448 Å². The molecule has 6 aromatic rings. The van der Waals surface area contributed by atoms with Gasteiger partial charge in [-0.25, -0.2) is 0 Å². The Hall–Kier alpha value is -4.10. The zero-order valence-electron chi connectivity index (χ0n) is 49.6. The number of rotatable bonds is 9. The van der Waals surface area contributed by atoms with Crippen LogP contribution in [0.15, 0.2) is 103 Å². The highest BCUT2D eigenvalue weighted by Crippen LogP contribution is 2.61. The summed E-state index contributed by atoms with van der Waals surface area (Å²) in [4.78, 5) is 10.5. The van der Waals surface area contributed by atoms with E-state index in [2.05, 4.69) is 269 Å². The van der Waals surface area contributed by atoms with E-state index in [4.69, 9.17) is 8.83 Å². The molecule has 0 saturated carbocycles. The van der Waals surface area contributed by atoms with Gasteiger partial charge in [-0.3, -0.25) is 4.31 Å². The number of hydrogen-bond donors (Lipinski definition) is 1. The van der Waals surface area contributed by atoms with Gasteiger partial charge in [-0.15, -0.1) is 0 Å². The molecule has 3 nitrogen and oxygen atoms in total. The first-order valence-electron chi connectivity index (χ1n) is 26.7. The molecule has 0 spiro atoms. The Morgan fingerprint density at radius 1 is 0.315 bits per heavy atom. The first kappa shape index (κ1) is 58.2. The summed E-state index contributed by atoms with van der Waals surface area (Å²) in [6, 6.07) is 40.1. The van der Waals surface area contributed by atoms with Crippen molar-refractivity contribution in [3.8, 4) is 61.4 Å². The van der Waals surface area contributed by atoms with Crippen LogP contribution in [-0.4, -0.2) is 4.89 Å². The summed E-state index contributed by atoms with van der Waals surface area (Å²) in [5, 5.41) is 0. The minimum Gasteiger partial charge on any atom is -0.448 e. The molecule has 0 radical (unpaired) electrons. The average Bonchev–Trinajstić information content (AvgIpc) is 3.25. The molecule has 0 saturated heterocycles. The van der Waals surface area contributed by atoms with Crippen LogP contribution in [0.25, 0.3) is 55.6 Å². The Balaban J connectivity index is 2.19. The van der Waals surface area contributed by atoms with E-state index in [0.29, 0.717) is 0 Å². The van der Waals surface area contributed by atoms with E-state index < -0.39 is 18.1 Å². The fourth-order valence-electron chi connectivity index (χ4n) is 10.3. The molecule has 0 heterocycles. The van der Waals surface area contributed by atoms with Gasteiger partial charge in [-0.1, -0.05) is 269 Å². The summed E-state index contributed by atoms with van der Waals surface area (Å²) in [5.41, 5.74) is 19.9. The fourth-order valence-corrected chi connectivity index (χ4v) is 10.9. The predicted octanol–water partition coefficient (Wildman–Crippen LogP) is 20.8. The minimum absolute atomic E-state index is 0.0857. The van der Waals surface area contributed by atoms with Crippen LogP contribution in [0.3, 0.4) is 0 Å². The Kier molecular flexibility index (Phi) is 16.3. The summed E-state index contributed by atoms with van der Waals surface area (Å²) in [7, 11) is -1.21. The lowest BCUT2D eigenvalue weighted by Gasteiger charge is -2.36. The first-order valence-corrected chi connectivity index (χ1v) is 28.3. The zero-order chi connectivity index (χ0) is 54.8. The molecule has 0 amide bonds. The van der Waals surface area contributed by atoms with Crippen LogP contribution in [0.2, 0.25) is 0 Å². The van der Waals surface area contributed by atoms with E-state index in [0.717, 1.165) is 50.3 Å². The zero-order valence-corrected chi connectivity index (χ0v) is 51.6. The summed E-state index contributed by atoms with van der Waals surface area (Å²) in [5.74, 6) is 0.754. The summed E-state index contributed by atoms with van der Waals surface area (Å²) < 4.78 is 13.5. The smallest absolute Gasteiger partial charge is 0.220 e. The van der Waals surface area contributed by atoms with E-state index in [-0.39, 0.29) is 43.3 Å². The molecule has 0 fully saturated rings. The third-order valence-electron chi connectivity index (χ3n) is 14.6. The third kappa shape index (κ3) is 12.6. The Morgan fingerprint density at radius 3 is 0.836 bits per heavy atom. The molecule has 2 atom stereocenters. The summed E-state index contributed by atoms with van der Waals surface area (Å²) >= 11 is 0. The SMILES string of the molecule is CC(C)(C)c1ccc(-c2c(OPOPO)c(-c3ccc(C(C)(C)C)cc3C(C)(C)C)c(-c3ccc(C(C)(C)C)cc3C(C)(C)C)c(-c3ccccc3)c2-c2ccc(C(C)(C)C)cc2C(C)(C)C)c(C(C)(C)C)c1. The molecule has 1 N–H and O–H groups in total. The average molecular weight is 1020 g/mol. The molecular weight excluding hydrogens is 927 g/mol. The maximum Gasteiger partial charge on any atom is 0.220 e. The molecule has 392 valence electrons. The fraction of sp³-hybridized carbons (Fsp3) is 0.471. The van der Waals surface area contributed by atoms with Crippen molar-refractivity contribution in [3.63, 3.8) is 0 Å². The molecular formula is C68H92O3P2. The maximum atomic E-state index is 10.5. The van der Waals surface area contributed by atoms with Gasteiger partial charge >= 0.3 is 0 Å². The van der Waals surface area contributed by atoms with Crippen molar-refractivity contribution in [2.75, 3.05) is 0 Å². The van der Waals surface area contributed by atoms with E-state index in [1.165, 1.54) is 55.6 Å². The lowest BCUT2D eigenvalue weighted by Crippen LogP contribution is -2.20. The first-order chi connectivity index (χ1) is 33.3. The summed E-state index contributed by atoms with van der Waals surface area (Å²) in [6.45, 7) is 56.0. The van der Waals surface area contributed by atoms with Gasteiger partial charge in [0.05, 0.1) is 0 Å². The normalized spacial score (nSPS) is 13.8. The number of benzene rings is 6. The van der Waals surface area contributed by atoms with Crippen LogP contribution in [0.4, 0.5) is 0 Å². The molecule has 0 bridgehead atoms. The van der Waals surface area contributed by atoms with Crippen molar-refractivity contribution in [2.24, 2.45) is 0 Å². The van der Waals surface area contributed by atoms with Crippen molar-refractivity contribution in [2.45, 2.75) is 209 Å². The molecule has 0 aliphatic carbocycles. The topological polar surface area (TPSA) is 38.7 Å². The molecule has 73 heavy (non-hydrogen) atoms. The maximum absolute atomic E-state index is 10.5. The van der Waals surface area contributed by atoms with E-state index in [1.807, 2.05) is 0 Å². The second-order valence-corrected chi connectivity index (χ2v) is 30.4. The van der Waals surface area contributed by atoms with E-state index >= 15 is 0 Å².